The summed E-state index contributed by atoms with van der Waals surface area (Å²) in [6.07, 6.45) is 3.48. The second-order valence-corrected chi connectivity index (χ2v) is 4.92. The molecule has 1 saturated heterocycles. The van der Waals surface area contributed by atoms with E-state index in [4.69, 9.17) is 0 Å². The second-order valence-electron chi connectivity index (χ2n) is 4.92. The highest BCUT2D eigenvalue weighted by atomic mass is 16.2. The van der Waals surface area contributed by atoms with Gasteiger partial charge in [-0.05, 0) is 24.7 Å². The molecule has 74 valence electrons. The number of carbonyl (C=O) groups is 1. The minimum Gasteiger partial charge on any atom is -0.289 e. The third-order valence-electron chi connectivity index (χ3n) is 3.20. The van der Waals surface area contributed by atoms with Crippen LogP contribution < -0.4 is 5.43 Å². The molecular weight excluding hydrogens is 164 g/mol. The number of hydrogen-bond acceptors (Lipinski definition) is 2. The van der Waals surface area contributed by atoms with E-state index >= 15 is 0 Å². The maximum absolute atomic E-state index is 11.6. The van der Waals surface area contributed by atoms with Crippen LogP contribution in [0.15, 0.2) is 0 Å². The van der Waals surface area contributed by atoms with Gasteiger partial charge in [-0.3, -0.25) is 10.2 Å². The number of carbonyl (C=O) groups excluding carboxylic acids is 1. The molecule has 0 radical (unpaired) electrons. The van der Waals surface area contributed by atoms with Crippen molar-refractivity contribution in [3.05, 3.63) is 0 Å². The van der Waals surface area contributed by atoms with Crippen LogP contribution in [0.2, 0.25) is 0 Å². The fraction of sp³-hybridized carbons (Fsp3) is 0.900. The Morgan fingerprint density at radius 1 is 1.38 bits per heavy atom. The molecule has 3 heteroatoms. The molecule has 13 heavy (non-hydrogen) atoms. The van der Waals surface area contributed by atoms with Crippen LogP contribution in [-0.2, 0) is 4.79 Å². The molecule has 1 saturated carbocycles. The van der Waals surface area contributed by atoms with Crippen molar-refractivity contribution in [2.24, 2.45) is 11.3 Å². The molecular formula is C10H18N2O. The Labute approximate surface area is 79.5 Å². The Morgan fingerprint density at radius 2 is 1.92 bits per heavy atom. The van der Waals surface area contributed by atoms with E-state index in [0.29, 0.717) is 0 Å². The normalized spacial score (nSPS) is 31.7. The Balaban J connectivity index is 1.79. The first-order valence-electron chi connectivity index (χ1n) is 5.15. The first kappa shape index (κ1) is 9.00. The number of hydrogen-bond donors (Lipinski definition) is 1. The van der Waals surface area contributed by atoms with Crippen molar-refractivity contribution in [1.29, 1.82) is 0 Å². The summed E-state index contributed by atoms with van der Waals surface area (Å²) in [5.41, 5.74) is 3.24. The van der Waals surface area contributed by atoms with Gasteiger partial charge < -0.3 is 0 Å². The molecule has 2 fully saturated rings. The molecule has 1 heterocycles. The summed E-state index contributed by atoms with van der Waals surface area (Å²) in [5, 5.41) is 2.05. The van der Waals surface area contributed by atoms with Crippen LogP contribution in [0.25, 0.3) is 0 Å². The molecule has 1 aliphatic heterocycles. The number of rotatable bonds is 2. The quantitative estimate of drug-likeness (QED) is 0.695. The van der Waals surface area contributed by atoms with Crippen LogP contribution in [0, 0.1) is 11.3 Å². The molecule has 1 amide bonds. The van der Waals surface area contributed by atoms with Gasteiger partial charge in [0.1, 0.15) is 0 Å². The first-order chi connectivity index (χ1) is 6.09. The third-order valence-corrected chi connectivity index (χ3v) is 3.20. The minimum absolute atomic E-state index is 0.229. The highest BCUT2D eigenvalue weighted by Gasteiger charge is 2.50. The van der Waals surface area contributed by atoms with E-state index in [0.717, 1.165) is 19.5 Å². The predicted octanol–water partition coefficient (Wildman–Crippen LogP) is 1.16. The maximum atomic E-state index is 11.6. The summed E-state index contributed by atoms with van der Waals surface area (Å²) < 4.78 is 0. The van der Waals surface area contributed by atoms with E-state index in [2.05, 4.69) is 24.3 Å². The Kier molecular flexibility index (Phi) is 2.06. The number of nitrogens with zero attached hydrogens (tertiary/aromatic N) is 1. The standard InChI is InChI=1S/C10H18N2O/c1-10(2)7-8(10)9(13)11-12-5-3-4-6-12/h8H,3-7H2,1-2H3,(H,11,13)/t8-/m1/s1. The number of hydrazine groups is 1. The van der Waals surface area contributed by atoms with E-state index in [9.17, 15) is 4.79 Å². The zero-order chi connectivity index (χ0) is 9.47. The Hall–Kier alpha value is -0.570. The molecule has 0 aromatic heterocycles. The van der Waals surface area contributed by atoms with Crippen molar-refractivity contribution in [3.8, 4) is 0 Å². The van der Waals surface area contributed by atoms with Crippen LogP contribution in [0.3, 0.4) is 0 Å². The SMILES string of the molecule is CC1(C)C[C@@H]1C(=O)NN1CCCC1. The van der Waals surface area contributed by atoms with Gasteiger partial charge in [-0.15, -0.1) is 0 Å². The average molecular weight is 182 g/mol. The lowest BCUT2D eigenvalue weighted by Gasteiger charge is -2.16. The van der Waals surface area contributed by atoms with Gasteiger partial charge in [0.05, 0.1) is 0 Å². The molecule has 0 spiro atoms. The summed E-state index contributed by atoms with van der Waals surface area (Å²) in [6.45, 7) is 6.36. The van der Waals surface area contributed by atoms with E-state index in [1.807, 2.05) is 0 Å². The molecule has 1 atom stereocenters. The van der Waals surface area contributed by atoms with Crippen molar-refractivity contribution in [1.82, 2.24) is 10.4 Å². The summed E-state index contributed by atoms with van der Waals surface area (Å²) in [5.74, 6) is 0.486. The van der Waals surface area contributed by atoms with Gasteiger partial charge in [0.15, 0.2) is 0 Å². The van der Waals surface area contributed by atoms with Crippen molar-refractivity contribution in [3.63, 3.8) is 0 Å². The highest BCUT2D eigenvalue weighted by Crippen LogP contribution is 2.51. The lowest BCUT2D eigenvalue weighted by molar-refractivity contribution is -0.127. The van der Waals surface area contributed by atoms with Crippen LogP contribution in [0.1, 0.15) is 33.1 Å². The molecule has 1 aliphatic carbocycles. The molecule has 0 bridgehead atoms. The van der Waals surface area contributed by atoms with Gasteiger partial charge >= 0.3 is 0 Å². The summed E-state index contributed by atoms with van der Waals surface area (Å²) >= 11 is 0. The second kappa shape index (κ2) is 2.98. The molecule has 0 aromatic carbocycles. The van der Waals surface area contributed by atoms with Gasteiger partial charge in [-0.1, -0.05) is 13.8 Å². The first-order valence-corrected chi connectivity index (χ1v) is 5.15. The van der Waals surface area contributed by atoms with E-state index < -0.39 is 0 Å². The van der Waals surface area contributed by atoms with Crippen molar-refractivity contribution >= 4 is 5.91 Å². The monoisotopic (exact) mass is 182 g/mol. The van der Waals surface area contributed by atoms with Crippen LogP contribution in [0.4, 0.5) is 0 Å². The fourth-order valence-electron chi connectivity index (χ4n) is 1.98. The van der Waals surface area contributed by atoms with Crippen molar-refractivity contribution < 1.29 is 4.79 Å². The van der Waals surface area contributed by atoms with E-state index in [1.54, 1.807) is 0 Å². The number of nitrogens with one attached hydrogen (secondary N) is 1. The van der Waals surface area contributed by atoms with Crippen LogP contribution in [-0.4, -0.2) is 24.0 Å². The largest absolute Gasteiger partial charge is 0.289 e. The van der Waals surface area contributed by atoms with Gasteiger partial charge in [0.2, 0.25) is 5.91 Å². The Bertz CT molecular complexity index is 219. The summed E-state index contributed by atoms with van der Waals surface area (Å²) in [4.78, 5) is 11.6. The van der Waals surface area contributed by atoms with Crippen molar-refractivity contribution in [2.45, 2.75) is 33.1 Å². The Morgan fingerprint density at radius 3 is 2.38 bits per heavy atom. The van der Waals surface area contributed by atoms with Crippen LogP contribution in [0.5, 0.6) is 0 Å². The summed E-state index contributed by atoms with van der Waals surface area (Å²) in [6, 6.07) is 0. The molecule has 0 unspecified atom stereocenters. The molecule has 1 N–H and O–H groups in total. The van der Waals surface area contributed by atoms with Gasteiger partial charge in [0, 0.05) is 19.0 Å². The number of amides is 1. The zero-order valence-corrected chi connectivity index (χ0v) is 8.47. The van der Waals surface area contributed by atoms with E-state index in [1.165, 1.54) is 12.8 Å². The third kappa shape index (κ3) is 1.85. The van der Waals surface area contributed by atoms with Gasteiger partial charge in [-0.2, -0.15) is 0 Å². The fourth-order valence-corrected chi connectivity index (χ4v) is 1.98. The average Bonchev–Trinajstić information content (AvgIpc) is 2.49. The smallest absolute Gasteiger partial charge is 0.237 e. The van der Waals surface area contributed by atoms with Crippen LogP contribution >= 0.6 is 0 Å². The highest BCUT2D eigenvalue weighted by molar-refractivity contribution is 5.81. The van der Waals surface area contributed by atoms with Gasteiger partial charge in [0.25, 0.3) is 0 Å². The molecule has 2 aliphatic rings. The van der Waals surface area contributed by atoms with Gasteiger partial charge in [-0.25, -0.2) is 5.01 Å². The lowest BCUT2D eigenvalue weighted by atomic mass is 10.1. The predicted molar refractivity (Wildman–Crippen MR) is 50.8 cm³/mol. The maximum Gasteiger partial charge on any atom is 0.237 e. The lowest BCUT2D eigenvalue weighted by Crippen LogP contribution is -2.41. The molecule has 3 nitrogen and oxygen atoms in total. The molecule has 0 aromatic rings. The van der Waals surface area contributed by atoms with E-state index in [-0.39, 0.29) is 17.2 Å². The molecule has 2 rings (SSSR count). The topological polar surface area (TPSA) is 32.3 Å². The minimum atomic E-state index is 0.229. The van der Waals surface area contributed by atoms with Crippen molar-refractivity contribution in [2.75, 3.05) is 13.1 Å². The zero-order valence-electron chi connectivity index (χ0n) is 8.47. The summed E-state index contributed by atoms with van der Waals surface area (Å²) in [7, 11) is 0.